The van der Waals surface area contributed by atoms with Crippen LogP contribution in [0.15, 0.2) is 6.07 Å². The van der Waals surface area contributed by atoms with E-state index in [1.165, 1.54) is 11.8 Å². The number of amides is 1. The number of nitro benzene ring substituents is 1. The molecule has 1 fully saturated rings. The maximum atomic E-state index is 14.2. The van der Waals surface area contributed by atoms with Gasteiger partial charge in [-0.1, -0.05) is 0 Å². The predicted molar refractivity (Wildman–Crippen MR) is 78.3 cm³/mol. The van der Waals surface area contributed by atoms with Crippen LogP contribution < -0.4 is 0 Å². The van der Waals surface area contributed by atoms with Crippen molar-refractivity contribution in [2.75, 3.05) is 26.3 Å². The van der Waals surface area contributed by atoms with E-state index >= 15 is 0 Å². The number of carbonyl (C=O) groups is 1. The number of ether oxygens (including phenoxy) is 1. The Kier molecular flexibility index (Phi) is 5.25. The smallest absolute Gasteiger partial charge is 0.306 e. The lowest BCUT2D eigenvalue weighted by Gasteiger charge is -2.18. The molecule has 1 aliphatic heterocycles. The molecule has 1 unspecified atom stereocenters. The number of hydrogen-bond donors (Lipinski definition) is 0. The van der Waals surface area contributed by atoms with Crippen molar-refractivity contribution < 1.29 is 23.2 Å². The second-order valence-corrected chi connectivity index (χ2v) is 5.54. The molecule has 0 spiro atoms. The molecule has 1 atom stereocenters. The van der Waals surface area contributed by atoms with E-state index in [0.717, 1.165) is 6.07 Å². The normalized spacial score (nSPS) is 17.6. The molecule has 2 rings (SSSR count). The van der Waals surface area contributed by atoms with Gasteiger partial charge in [-0.25, -0.2) is 4.39 Å². The minimum Gasteiger partial charge on any atom is -0.381 e. The summed E-state index contributed by atoms with van der Waals surface area (Å²) in [6.07, 6.45) is 0.670. The fraction of sp³-hybridized carbons (Fsp3) is 0.533. The SMILES string of the molecule is CCOCC1CCN(C(=O)c2c(F)c(C)cc([N+](=O)[O-])c2F)C1. The quantitative estimate of drug-likeness (QED) is 0.615. The van der Waals surface area contributed by atoms with Crippen LogP contribution >= 0.6 is 0 Å². The molecule has 1 amide bonds. The average molecular weight is 328 g/mol. The third kappa shape index (κ3) is 3.47. The van der Waals surface area contributed by atoms with Gasteiger partial charge in [0.15, 0.2) is 0 Å². The molecular formula is C15H18F2N2O4. The second-order valence-electron chi connectivity index (χ2n) is 5.54. The number of hydrogen-bond acceptors (Lipinski definition) is 4. The fourth-order valence-corrected chi connectivity index (χ4v) is 2.67. The summed E-state index contributed by atoms with van der Waals surface area (Å²) in [5.41, 5.74) is -1.88. The Labute approximate surface area is 132 Å². The Hall–Kier alpha value is -2.09. The number of rotatable bonds is 5. The number of halogens is 2. The van der Waals surface area contributed by atoms with Gasteiger partial charge in [0.25, 0.3) is 5.91 Å². The molecule has 0 aliphatic carbocycles. The van der Waals surface area contributed by atoms with Crippen molar-refractivity contribution in [3.05, 3.63) is 38.9 Å². The summed E-state index contributed by atoms with van der Waals surface area (Å²) in [5.74, 6) is -3.22. The Bertz CT molecular complexity index is 636. The highest BCUT2D eigenvalue weighted by Crippen LogP contribution is 2.29. The fourth-order valence-electron chi connectivity index (χ4n) is 2.67. The van der Waals surface area contributed by atoms with Gasteiger partial charge in [0.2, 0.25) is 5.82 Å². The monoisotopic (exact) mass is 328 g/mol. The van der Waals surface area contributed by atoms with E-state index in [-0.39, 0.29) is 11.5 Å². The van der Waals surface area contributed by atoms with Crippen LogP contribution in [0.25, 0.3) is 0 Å². The highest BCUT2D eigenvalue weighted by atomic mass is 19.1. The van der Waals surface area contributed by atoms with Crippen LogP contribution in [-0.4, -0.2) is 42.0 Å². The molecule has 0 aromatic heterocycles. The van der Waals surface area contributed by atoms with Gasteiger partial charge >= 0.3 is 5.69 Å². The summed E-state index contributed by atoms with van der Waals surface area (Å²) in [6.45, 7) is 4.81. The third-order valence-electron chi connectivity index (χ3n) is 3.90. The zero-order valence-corrected chi connectivity index (χ0v) is 13.0. The number of likely N-dealkylation sites (tertiary alicyclic amines) is 1. The molecule has 1 saturated heterocycles. The van der Waals surface area contributed by atoms with Crippen molar-refractivity contribution in [3.8, 4) is 0 Å². The van der Waals surface area contributed by atoms with Gasteiger partial charge in [0, 0.05) is 31.7 Å². The van der Waals surface area contributed by atoms with Crippen molar-refractivity contribution in [1.82, 2.24) is 4.90 Å². The first-order valence-corrected chi connectivity index (χ1v) is 7.36. The molecule has 1 aromatic carbocycles. The lowest BCUT2D eigenvalue weighted by molar-refractivity contribution is -0.387. The number of nitrogens with zero attached hydrogens (tertiary/aromatic N) is 2. The van der Waals surface area contributed by atoms with Gasteiger partial charge in [-0.05, 0) is 25.8 Å². The van der Waals surface area contributed by atoms with E-state index in [0.29, 0.717) is 32.7 Å². The maximum Gasteiger partial charge on any atom is 0.306 e. The molecule has 0 saturated carbocycles. The molecule has 0 bridgehead atoms. The van der Waals surface area contributed by atoms with Crippen LogP contribution in [-0.2, 0) is 4.74 Å². The Morgan fingerprint density at radius 2 is 2.17 bits per heavy atom. The summed E-state index contributed by atoms with van der Waals surface area (Å²) in [5, 5.41) is 10.9. The average Bonchev–Trinajstić information content (AvgIpc) is 2.97. The number of aryl methyl sites for hydroxylation is 1. The van der Waals surface area contributed by atoms with Crippen LogP contribution in [0.1, 0.15) is 29.3 Å². The van der Waals surface area contributed by atoms with Gasteiger partial charge < -0.3 is 9.64 Å². The summed E-state index contributed by atoms with van der Waals surface area (Å²) in [7, 11) is 0. The minimum absolute atomic E-state index is 0.102. The largest absolute Gasteiger partial charge is 0.381 e. The lowest BCUT2D eigenvalue weighted by atomic mass is 10.1. The van der Waals surface area contributed by atoms with Gasteiger partial charge in [-0.3, -0.25) is 14.9 Å². The van der Waals surface area contributed by atoms with Crippen molar-refractivity contribution in [2.45, 2.75) is 20.3 Å². The van der Waals surface area contributed by atoms with Crippen LogP contribution in [0.4, 0.5) is 14.5 Å². The lowest BCUT2D eigenvalue weighted by Crippen LogP contribution is -2.31. The maximum absolute atomic E-state index is 14.2. The summed E-state index contributed by atoms with van der Waals surface area (Å²) < 4.78 is 33.7. The standard InChI is InChI=1S/C15H18F2N2O4/c1-3-23-8-10-4-5-18(7-10)15(20)12-13(16)9(2)6-11(14(12)17)19(21)22/h6,10H,3-5,7-8H2,1-2H3. The predicted octanol–water partition coefficient (Wildman–Crippen LogP) is 2.68. The van der Waals surface area contributed by atoms with Crippen LogP contribution in [0.3, 0.4) is 0 Å². The van der Waals surface area contributed by atoms with E-state index in [4.69, 9.17) is 4.74 Å². The minimum atomic E-state index is -1.42. The summed E-state index contributed by atoms with van der Waals surface area (Å²) in [6, 6.07) is 0.795. The summed E-state index contributed by atoms with van der Waals surface area (Å²) in [4.78, 5) is 23.6. The molecule has 6 nitrogen and oxygen atoms in total. The van der Waals surface area contributed by atoms with Crippen LogP contribution in [0.5, 0.6) is 0 Å². The molecule has 1 aromatic rings. The van der Waals surface area contributed by atoms with Crippen molar-refractivity contribution in [1.29, 1.82) is 0 Å². The second kappa shape index (κ2) is 6.99. The molecule has 0 radical (unpaired) electrons. The van der Waals surface area contributed by atoms with E-state index in [9.17, 15) is 23.7 Å². The van der Waals surface area contributed by atoms with E-state index in [2.05, 4.69) is 0 Å². The van der Waals surface area contributed by atoms with Crippen LogP contribution in [0.2, 0.25) is 0 Å². The number of benzene rings is 1. The van der Waals surface area contributed by atoms with Crippen molar-refractivity contribution >= 4 is 11.6 Å². The number of nitro groups is 1. The van der Waals surface area contributed by atoms with Crippen molar-refractivity contribution in [2.24, 2.45) is 5.92 Å². The molecule has 8 heteroatoms. The Morgan fingerprint density at radius 1 is 1.48 bits per heavy atom. The molecule has 126 valence electrons. The zero-order chi connectivity index (χ0) is 17.1. The van der Waals surface area contributed by atoms with Gasteiger partial charge in [0.1, 0.15) is 11.4 Å². The van der Waals surface area contributed by atoms with Crippen molar-refractivity contribution in [3.63, 3.8) is 0 Å². The topological polar surface area (TPSA) is 72.7 Å². The third-order valence-corrected chi connectivity index (χ3v) is 3.90. The molecule has 0 N–H and O–H groups in total. The first-order valence-electron chi connectivity index (χ1n) is 7.36. The Morgan fingerprint density at radius 3 is 2.78 bits per heavy atom. The Balaban J connectivity index is 2.28. The van der Waals surface area contributed by atoms with E-state index in [1.54, 1.807) is 0 Å². The summed E-state index contributed by atoms with van der Waals surface area (Å²) >= 11 is 0. The van der Waals surface area contributed by atoms with Gasteiger partial charge in [-0.15, -0.1) is 0 Å². The molecule has 1 heterocycles. The van der Waals surface area contributed by atoms with Gasteiger partial charge in [0.05, 0.1) is 11.5 Å². The van der Waals surface area contributed by atoms with E-state index in [1.807, 2.05) is 6.92 Å². The highest BCUT2D eigenvalue weighted by Gasteiger charge is 2.34. The zero-order valence-electron chi connectivity index (χ0n) is 13.0. The molecule has 23 heavy (non-hydrogen) atoms. The molecular weight excluding hydrogens is 310 g/mol. The van der Waals surface area contributed by atoms with Gasteiger partial charge in [-0.2, -0.15) is 4.39 Å². The molecule has 1 aliphatic rings. The first kappa shape index (κ1) is 17.3. The highest BCUT2D eigenvalue weighted by molar-refractivity contribution is 5.96. The van der Waals surface area contributed by atoms with E-state index < -0.39 is 33.7 Å². The first-order chi connectivity index (χ1) is 10.9. The van der Waals surface area contributed by atoms with Crippen LogP contribution in [0, 0.1) is 34.6 Å². The number of carbonyl (C=O) groups excluding carboxylic acids is 1.